The molecule has 8 heteroatoms. The first-order valence-electron chi connectivity index (χ1n) is 9.03. The monoisotopic (exact) mass is 414 g/mol. The lowest BCUT2D eigenvalue weighted by Crippen LogP contribution is -2.28. The molecule has 0 aliphatic carbocycles. The maximum absolute atomic E-state index is 12.6. The zero-order chi connectivity index (χ0) is 20.7. The quantitative estimate of drug-likeness (QED) is 0.561. The molecule has 0 bridgehead atoms. The first kappa shape index (κ1) is 20.6. The second kappa shape index (κ2) is 9.40. The number of furan rings is 1. The number of hydrogen-bond donors (Lipinski definition) is 2. The van der Waals surface area contributed by atoms with Crippen LogP contribution in [0.1, 0.15) is 24.3 Å². The van der Waals surface area contributed by atoms with Gasteiger partial charge in [0, 0.05) is 6.04 Å². The highest BCUT2D eigenvalue weighted by Gasteiger charge is 2.18. The zero-order valence-electron chi connectivity index (χ0n) is 15.9. The van der Waals surface area contributed by atoms with E-state index in [1.807, 2.05) is 30.3 Å². The van der Waals surface area contributed by atoms with Crippen molar-refractivity contribution in [3.8, 4) is 5.75 Å². The van der Waals surface area contributed by atoms with Crippen molar-refractivity contribution in [3.05, 3.63) is 84.3 Å². The molecule has 1 atom stereocenters. The molecule has 0 fully saturated rings. The van der Waals surface area contributed by atoms with Crippen LogP contribution >= 0.6 is 0 Å². The third-order valence-corrected chi connectivity index (χ3v) is 5.73. The molecular formula is C21H22N2O5S. The average molecular weight is 414 g/mol. The van der Waals surface area contributed by atoms with Crippen molar-refractivity contribution in [1.29, 1.82) is 0 Å². The van der Waals surface area contributed by atoms with E-state index in [0.717, 1.165) is 5.56 Å². The largest absolute Gasteiger partial charge is 0.484 e. The van der Waals surface area contributed by atoms with E-state index in [1.165, 1.54) is 30.5 Å². The second-order valence-electron chi connectivity index (χ2n) is 6.37. The van der Waals surface area contributed by atoms with Gasteiger partial charge in [-0.2, -0.15) is 0 Å². The number of carbonyl (C=O) groups is 1. The summed E-state index contributed by atoms with van der Waals surface area (Å²) in [5.41, 5.74) is 0.872. The molecular weight excluding hydrogens is 392 g/mol. The summed E-state index contributed by atoms with van der Waals surface area (Å²) >= 11 is 0. The summed E-state index contributed by atoms with van der Waals surface area (Å²) in [6.45, 7) is 1.87. The Morgan fingerprint density at radius 3 is 2.41 bits per heavy atom. The lowest BCUT2D eigenvalue weighted by Gasteiger charge is -2.15. The summed E-state index contributed by atoms with van der Waals surface area (Å²) in [6, 6.07) is 18.4. The van der Waals surface area contributed by atoms with Crippen LogP contribution in [0, 0.1) is 0 Å². The van der Waals surface area contributed by atoms with Crippen molar-refractivity contribution in [2.75, 3.05) is 6.61 Å². The Kier molecular flexibility index (Phi) is 6.69. The summed E-state index contributed by atoms with van der Waals surface area (Å²) in [7, 11) is -3.68. The van der Waals surface area contributed by atoms with Gasteiger partial charge in [0.15, 0.2) is 6.61 Å². The van der Waals surface area contributed by atoms with Gasteiger partial charge in [0.05, 0.1) is 17.7 Å². The van der Waals surface area contributed by atoms with Gasteiger partial charge in [-0.15, -0.1) is 0 Å². The van der Waals surface area contributed by atoms with Crippen LogP contribution < -0.4 is 14.8 Å². The van der Waals surface area contributed by atoms with E-state index >= 15 is 0 Å². The van der Waals surface area contributed by atoms with Gasteiger partial charge in [0.2, 0.25) is 10.0 Å². The molecule has 0 saturated carbocycles. The third-order valence-electron chi connectivity index (χ3n) is 4.18. The van der Waals surface area contributed by atoms with Crippen LogP contribution in [0.25, 0.3) is 0 Å². The standard InChI is InChI=1S/C21H22N2O5S/c1-16(17-6-3-2-4-7-17)23-29(25,26)20-11-9-18(10-12-20)28-15-21(24)22-14-19-8-5-13-27-19/h2-13,16,23H,14-15H2,1H3,(H,22,24)/t16-/m1/s1. The van der Waals surface area contributed by atoms with Crippen LogP contribution in [0.4, 0.5) is 0 Å². The summed E-state index contributed by atoms with van der Waals surface area (Å²) in [6.07, 6.45) is 1.53. The molecule has 2 aromatic carbocycles. The number of amides is 1. The van der Waals surface area contributed by atoms with E-state index in [0.29, 0.717) is 11.5 Å². The van der Waals surface area contributed by atoms with Crippen LogP contribution in [0.2, 0.25) is 0 Å². The van der Waals surface area contributed by atoms with Gasteiger partial charge < -0.3 is 14.5 Å². The fourth-order valence-electron chi connectivity index (χ4n) is 2.62. The first-order chi connectivity index (χ1) is 13.9. The molecule has 3 rings (SSSR count). The van der Waals surface area contributed by atoms with Gasteiger partial charge in [0.1, 0.15) is 11.5 Å². The molecule has 3 aromatic rings. The molecule has 0 radical (unpaired) electrons. The predicted octanol–water partition coefficient (Wildman–Crippen LogP) is 3.01. The first-order valence-corrected chi connectivity index (χ1v) is 10.5. The third kappa shape index (κ3) is 5.94. The maximum Gasteiger partial charge on any atom is 0.258 e. The van der Waals surface area contributed by atoms with Gasteiger partial charge in [0.25, 0.3) is 5.91 Å². The summed E-state index contributed by atoms with van der Waals surface area (Å²) in [4.78, 5) is 11.9. The molecule has 1 amide bonds. The summed E-state index contributed by atoms with van der Waals surface area (Å²) in [5.74, 6) is 0.731. The maximum atomic E-state index is 12.6. The van der Waals surface area contributed by atoms with Gasteiger partial charge in [-0.25, -0.2) is 13.1 Å². The predicted molar refractivity (Wildman–Crippen MR) is 108 cm³/mol. The molecule has 0 aliphatic rings. The van der Waals surface area contributed by atoms with E-state index in [1.54, 1.807) is 19.1 Å². The molecule has 2 N–H and O–H groups in total. The highest BCUT2D eigenvalue weighted by Crippen LogP contribution is 2.19. The second-order valence-corrected chi connectivity index (χ2v) is 8.08. The SMILES string of the molecule is C[C@@H](NS(=O)(=O)c1ccc(OCC(=O)NCc2ccco2)cc1)c1ccccc1. The summed E-state index contributed by atoms with van der Waals surface area (Å²) < 4.78 is 38.3. The molecule has 0 saturated heterocycles. The van der Waals surface area contributed by atoms with Gasteiger partial charge >= 0.3 is 0 Å². The molecule has 29 heavy (non-hydrogen) atoms. The van der Waals surface area contributed by atoms with Crippen LogP contribution in [0.15, 0.2) is 82.3 Å². The van der Waals surface area contributed by atoms with Crippen molar-refractivity contribution in [2.24, 2.45) is 0 Å². The van der Waals surface area contributed by atoms with Gasteiger partial charge in [-0.1, -0.05) is 30.3 Å². The van der Waals surface area contributed by atoms with Crippen LogP contribution in [-0.4, -0.2) is 20.9 Å². The topological polar surface area (TPSA) is 97.6 Å². The van der Waals surface area contributed by atoms with Gasteiger partial charge in [-0.05, 0) is 48.9 Å². The molecule has 7 nitrogen and oxygen atoms in total. The average Bonchev–Trinajstić information content (AvgIpc) is 3.25. The van der Waals surface area contributed by atoms with Crippen molar-refractivity contribution >= 4 is 15.9 Å². The Morgan fingerprint density at radius 2 is 1.76 bits per heavy atom. The molecule has 0 unspecified atom stereocenters. The number of carbonyl (C=O) groups excluding carboxylic acids is 1. The van der Waals surface area contributed by atoms with Crippen molar-refractivity contribution in [3.63, 3.8) is 0 Å². The Morgan fingerprint density at radius 1 is 1.03 bits per heavy atom. The van der Waals surface area contributed by atoms with E-state index in [2.05, 4.69) is 10.0 Å². The van der Waals surface area contributed by atoms with E-state index < -0.39 is 10.0 Å². The van der Waals surface area contributed by atoms with Crippen molar-refractivity contribution in [2.45, 2.75) is 24.4 Å². The Bertz CT molecular complexity index is 1020. The minimum atomic E-state index is -3.68. The number of rotatable bonds is 9. The minimum Gasteiger partial charge on any atom is -0.484 e. The fourth-order valence-corrected chi connectivity index (χ4v) is 3.86. The fraction of sp³-hybridized carbons (Fsp3) is 0.190. The van der Waals surface area contributed by atoms with E-state index in [9.17, 15) is 13.2 Å². The van der Waals surface area contributed by atoms with Crippen molar-refractivity contribution in [1.82, 2.24) is 10.0 Å². The number of hydrogen-bond acceptors (Lipinski definition) is 5. The molecule has 1 heterocycles. The lowest BCUT2D eigenvalue weighted by molar-refractivity contribution is -0.123. The zero-order valence-corrected chi connectivity index (χ0v) is 16.7. The van der Waals surface area contributed by atoms with Crippen LogP contribution in [0.5, 0.6) is 5.75 Å². The highest BCUT2D eigenvalue weighted by molar-refractivity contribution is 7.89. The normalized spacial score (nSPS) is 12.3. The lowest BCUT2D eigenvalue weighted by atomic mass is 10.1. The van der Waals surface area contributed by atoms with Crippen LogP contribution in [0.3, 0.4) is 0 Å². The van der Waals surface area contributed by atoms with E-state index in [4.69, 9.17) is 9.15 Å². The molecule has 0 spiro atoms. The number of ether oxygens (including phenoxy) is 1. The smallest absolute Gasteiger partial charge is 0.258 e. The Labute approximate surface area is 169 Å². The van der Waals surface area contributed by atoms with Crippen molar-refractivity contribution < 1.29 is 22.4 Å². The minimum absolute atomic E-state index is 0.120. The van der Waals surface area contributed by atoms with E-state index in [-0.39, 0.29) is 30.0 Å². The number of sulfonamides is 1. The summed E-state index contributed by atoms with van der Waals surface area (Å²) in [5, 5.41) is 2.66. The molecule has 152 valence electrons. The number of nitrogens with one attached hydrogen (secondary N) is 2. The Balaban J connectivity index is 1.52. The highest BCUT2D eigenvalue weighted by atomic mass is 32.2. The van der Waals surface area contributed by atoms with Crippen LogP contribution in [-0.2, 0) is 21.4 Å². The Hall–Kier alpha value is -3.10. The molecule has 1 aromatic heterocycles. The van der Waals surface area contributed by atoms with Gasteiger partial charge in [-0.3, -0.25) is 4.79 Å². The molecule has 0 aliphatic heterocycles. The number of benzene rings is 2.